The highest BCUT2D eigenvalue weighted by molar-refractivity contribution is 5.45. The van der Waals surface area contributed by atoms with E-state index in [0.29, 0.717) is 0 Å². The van der Waals surface area contributed by atoms with Crippen molar-refractivity contribution in [2.45, 2.75) is 39.2 Å². The predicted octanol–water partition coefficient (Wildman–Crippen LogP) is 2.73. The Kier molecular flexibility index (Phi) is 4.00. The third-order valence-electron chi connectivity index (χ3n) is 3.59. The van der Waals surface area contributed by atoms with Crippen molar-refractivity contribution in [3.8, 4) is 0 Å². The molecule has 1 aliphatic heterocycles. The van der Waals surface area contributed by atoms with Crippen molar-refractivity contribution in [3.63, 3.8) is 0 Å². The van der Waals surface area contributed by atoms with Gasteiger partial charge < -0.3 is 10.6 Å². The summed E-state index contributed by atoms with van der Waals surface area (Å²) in [5.41, 5.74) is 8.02. The zero-order chi connectivity index (χ0) is 12.3. The van der Waals surface area contributed by atoms with Crippen LogP contribution in [0.3, 0.4) is 0 Å². The lowest BCUT2D eigenvalue weighted by molar-refractivity contribution is 0.530. The highest BCUT2D eigenvalue weighted by atomic mass is 15.2. The fourth-order valence-corrected chi connectivity index (χ4v) is 2.56. The largest absolute Gasteiger partial charge is 0.370 e. The van der Waals surface area contributed by atoms with Crippen LogP contribution in [0.4, 0.5) is 5.69 Å². The van der Waals surface area contributed by atoms with Gasteiger partial charge in [0.25, 0.3) is 0 Å². The number of nitrogens with zero attached hydrogens (tertiary/aromatic N) is 2. The Morgan fingerprint density at radius 2 is 2.35 bits per heavy atom. The van der Waals surface area contributed by atoms with Crippen LogP contribution in [0.2, 0.25) is 0 Å². The number of nitrogens with two attached hydrogens (primary N) is 1. The standard InChI is InChI=1S/C14H23N3/c1-3-4-12-7-8-17(10-12)13-5-6-14(11(2)15)16-9-13/h5-6,9,11-12H,3-4,7-8,10,15H2,1-2H3/t11-,12?/m1/s1. The van der Waals surface area contributed by atoms with Gasteiger partial charge in [0.05, 0.1) is 17.6 Å². The fourth-order valence-electron chi connectivity index (χ4n) is 2.56. The Labute approximate surface area is 104 Å². The third kappa shape index (κ3) is 2.97. The van der Waals surface area contributed by atoms with Gasteiger partial charge in [0.2, 0.25) is 0 Å². The molecule has 2 atom stereocenters. The Hall–Kier alpha value is -1.09. The second-order valence-corrected chi connectivity index (χ2v) is 5.12. The Balaban J connectivity index is 1.99. The van der Waals surface area contributed by atoms with Gasteiger partial charge in [-0.05, 0) is 37.8 Å². The van der Waals surface area contributed by atoms with Gasteiger partial charge in [0, 0.05) is 19.1 Å². The highest BCUT2D eigenvalue weighted by Crippen LogP contribution is 2.26. The molecule has 3 nitrogen and oxygen atoms in total. The van der Waals surface area contributed by atoms with Crippen molar-refractivity contribution in [1.29, 1.82) is 0 Å². The summed E-state index contributed by atoms with van der Waals surface area (Å²) in [6.45, 7) is 6.59. The van der Waals surface area contributed by atoms with E-state index in [2.05, 4.69) is 22.9 Å². The van der Waals surface area contributed by atoms with E-state index in [0.717, 1.165) is 11.6 Å². The van der Waals surface area contributed by atoms with Gasteiger partial charge in [-0.15, -0.1) is 0 Å². The minimum atomic E-state index is 0.0236. The van der Waals surface area contributed by atoms with Crippen molar-refractivity contribution in [2.24, 2.45) is 11.7 Å². The minimum absolute atomic E-state index is 0.0236. The van der Waals surface area contributed by atoms with Crippen LogP contribution in [0.25, 0.3) is 0 Å². The Bertz CT molecular complexity index is 345. The van der Waals surface area contributed by atoms with Crippen LogP contribution in [-0.2, 0) is 0 Å². The van der Waals surface area contributed by atoms with E-state index >= 15 is 0 Å². The van der Waals surface area contributed by atoms with Gasteiger partial charge in [-0.3, -0.25) is 4.98 Å². The van der Waals surface area contributed by atoms with Crippen LogP contribution >= 0.6 is 0 Å². The number of pyridine rings is 1. The van der Waals surface area contributed by atoms with Crippen molar-refractivity contribution >= 4 is 5.69 Å². The molecule has 17 heavy (non-hydrogen) atoms. The molecule has 1 aromatic heterocycles. The average Bonchev–Trinajstić information content (AvgIpc) is 2.78. The van der Waals surface area contributed by atoms with E-state index in [9.17, 15) is 0 Å². The molecular weight excluding hydrogens is 210 g/mol. The quantitative estimate of drug-likeness (QED) is 0.869. The molecule has 1 saturated heterocycles. The maximum Gasteiger partial charge on any atom is 0.0569 e. The van der Waals surface area contributed by atoms with Crippen molar-refractivity contribution in [1.82, 2.24) is 4.98 Å². The minimum Gasteiger partial charge on any atom is -0.370 e. The summed E-state index contributed by atoms with van der Waals surface area (Å²) in [6.07, 6.45) is 5.93. The van der Waals surface area contributed by atoms with Gasteiger partial charge in [-0.25, -0.2) is 0 Å². The van der Waals surface area contributed by atoms with E-state index in [1.54, 1.807) is 0 Å². The molecule has 1 fully saturated rings. The van der Waals surface area contributed by atoms with E-state index in [1.165, 1.54) is 38.0 Å². The fraction of sp³-hybridized carbons (Fsp3) is 0.643. The smallest absolute Gasteiger partial charge is 0.0569 e. The Morgan fingerprint density at radius 3 is 2.94 bits per heavy atom. The predicted molar refractivity (Wildman–Crippen MR) is 72.1 cm³/mol. The van der Waals surface area contributed by atoms with Crippen LogP contribution in [0.5, 0.6) is 0 Å². The summed E-state index contributed by atoms with van der Waals surface area (Å²) < 4.78 is 0. The van der Waals surface area contributed by atoms with Gasteiger partial charge in [-0.2, -0.15) is 0 Å². The lowest BCUT2D eigenvalue weighted by Gasteiger charge is -2.18. The topological polar surface area (TPSA) is 42.1 Å². The van der Waals surface area contributed by atoms with Crippen molar-refractivity contribution in [3.05, 3.63) is 24.0 Å². The van der Waals surface area contributed by atoms with E-state index in [-0.39, 0.29) is 6.04 Å². The summed E-state index contributed by atoms with van der Waals surface area (Å²) in [6, 6.07) is 4.23. The maximum absolute atomic E-state index is 5.80. The number of rotatable bonds is 4. The summed E-state index contributed by atoms with van der Waals surface area (Å²) in [5, 5.41) is 0. The molecule has 2 N–H and O–H groups in total. The lowest BCUT2D eigenvalue weighted by Crippen LogP contribution is -2.20. The normalized spacial score (nSPS) is 21.8. The Morgan fingerprint density at radius 1 is 1.53 bits per heavy atom. The molecule has 0 spiro atoms. The van der Waals surface area contributed by atoms with Crippen LogP contribution in [0.1, 0.15) is 44.8 Å². The number of anilines is 1. The van der Waals surface area contributed by atoms with Crippen LogP contribution in [0, 0.1) is 5.92 Å². The van der Waals surface area contributed by atoms with E-state index in [1.807, 2.05) is 19.2 Å². The molecule has 2 heterocycles. The molecule has 3 heteroatoms. The lowest BCUT2D eigenvalue weighted by atomic mass is 10.0. The third-order valence-corrected chi connectivity index (χ3v) is 3.59. The summed E-state index contributed by atoms with van der Waals surface area (Å²) in [4.78, 5) is 6.87. The molecule has 1 unspecified atom stereocenters. The van der Waals surface area contributed by atoms with Crippen molar-refractivity contribution < 1.29 is 0 Å². The SMILES string of the molecule is CCCC1CCN(c2ccc([C@@H](C)N)nc2)C1. The molecule has 0 bridgehead atoms. The first-order valence-corrected chi connectivity index (χ1v) is 6.67. The second-order valence-electron chi connectivity index (χ2n) is 5.12. The number of hydrogen-bond acceptors (Lipinski definition) is 3. The van der Waals surface area contributed by atoms with Crippen LogP contribution < -0.4 is 10.6 Å². The van der Waals surface area contributed by atoms with Crippen LogP contribution in [-0.4, -0.2) is 18.1 Å². The van der Waals surface area contributed by atoms with Gasteiger partial charge in [0.15, 0.2) is 0 Å². The number of aromatic nitrogens is 1. The first-order chi connectivity index (χ1) is 8.20. The van der Waals surface area contributed by atoms with Gasteiger partial charge in [-0.1, -0.05) is 13.3 Å². The zero-order valence-electron chi connectivity index (χ0n) is 10.9. The molecule has 0 radical (unpaired) electrons. The van der Waals surface area contributed by atoms with Crippen LogP contribution in [0.15, 0.2) is 18.3 Å². The molecule has 0 aliphatic carbocycles. The summed E-state index contributed by atoms with van der Waals surface area (Å²) in [5.74, 6) is 0.869. The van der Waals surface area contributed by atoms with Gasteiger partial charge >= 0.3 is 0 Å². The van der Waals surface area contributed by atoms with Crippen molar-refractivity contribution in [2.75, 3.05) is 18.0 Å². The van der Waals surface area contributed by atoms with Gasteiger partial charge in [0.1, 0.15) is 0 Å². The second kappa shape index (κ2) is 5.50. The number of hydrogen-bond donors (Lipinski definition) is 1. The first kappa shape index (κ1) is 12.4. The molecule has 2 rings (SSSR count). The monoisotopic (exact) mass is 233 g/mol. The average molecular weight is 233 g/mol. The summed E-state index contributed by atoms with van der Waals surface area (Å²) in [7, 11) is 0. The molecule has 0 saturated carbocycles. The zero-order valence-corrected chi connectivity index (χ0v) is 10.9. The molecule has 0 aromatic carbocycles. The first-order valence-electron chi connectivity index (χ1n) is 6.67. The maximum atomic E-state index is 5.80. The molecule has 1 aromatic rings. The molecule has 94 valence electrons. The molecular formula is C14H23N3. The molecule has 1 aliphatic rings. The van der Waals surface area contributed by atoms with E-state index < -0.39 is 0 Å². The summed E-state index contributed by atoms with van der Waals surface area (Å²) >= 11 is 0. The van der Waals surface area contributed by atoms with E-state index in [4.69, 9.17) is 5.73 Å². The highest BCUT2D eigenvalue weighted by Gasteiger charge is 2.21. The molecule has 0 amide bonds.